The number of fused-ring (bicyclic) bond motifs is 6. The molecule has 0 aliphatic rings. The number of hydrogen-bond donors (Lipinski definition) is 0. The maximum atomic E-state index is 6.49. The highest BCUT2D eigenvalue weighted by Crippen LogP contribution is 2.47. The van der Waals surface area contributed by atoms with Crippen LogP contribution in [0.4, 0.5) is 17.1 Å². The monoisotopic (exact) mass is 815 g/mol. The predicted octanol–water partition coefficient (Wildman–Crippen LogP) is 17.7. The maximum Gasteiger partial charge on any atom is 0.137 e. The molecule has 12 rings (SSSR count). The van der Waals surface area contributed by atoms with Crippen LogP contribution in [0.15, 0.2) is 253 Å². The lowest BCUT2D eigenvalue weighted by Crippen LogP contribution is -2.10. The fourth-order valence-corrected chi connectivity index (χ4v) is 9.69. The van der Waals surface area contributed by atoms with Crippen LogP contribution in [-0.2, 0) is 0 Å². The first-order chi connectivity index (χ1) is 31.7. The van der Waals surface area contributed by atoms with E-state index < -0.39 is 0 Å². The molecule has 11 aromatic carbocycles. The van der Waals surface area contributed by atoms with Gasteiger partial charge in [0.2, 0.25) is 0 Å². The van der Waals surface area contributed by atoms with Crippen LogP contribution in [0.2, 0.25) is 0 Å². The second-order valence-electron chi connectivity index (χ2n) is 16.4. The van der Waals surface area contributed by atoms with Gasteiger partial charge >= 0.3 is 0 Å². The Morgan fingerprint density at radius 1 is 0.250 bits per heavy atom. The maximum absolute atomic E-state index is 6.49. The van der Waals surface area contributed by atoms with Crippen LogP contribution in [0, 0.1) is 0 Å². The average molecular weight is 816 g/mol. The van der Waals surface area contributed by atoms with Crippen molar-refractivity contribution in [3.8, 4) is 55.6 Å². The van der Waals surface area contributed by atoms with Crippen LogP contribution < -0.4 is 4.90 Å². The van der Waals surface area contributed by atoms with Gasteiger partial charge in [-0.25, -0.2) is 0 Å². The normalized spacial score (nSPS) is 11.4. The summed E-state index contributed by atoms with van der Waals surface area (Å²) in [5.74, 6) is 0. The van der Waals surface area contributed by atoms with Gasteiger partial charge in [-0.3, -0.25) is 0 Å². The molecule has 0 atom stereocenters. The summed E-state index contributed by atoms with van der Waals surface area (Å²) in [6, 6.07) is 89.7. The van der Waals surface area contributed by atoms with Gasteiger partial charge in [-0.2, -0.15) is 0 Å². The van der Waals surface area contributed by atoms with Gasteiger partial charge in [-0.05, 0) is 132 Å². The average Bonchev–Trinajstić information content (AvgIpc) is 3.77. The third-order valence-electron chi connectivity index (χ3n) is 12.6. The Balaban J connectivity index is 1.07. The van der Waals surface area contributed by atoms with Gasteiger partial charge in [-0.1, -0.05) is 194 Å². The molecule has 2 heteroatoms. The Kier molecular flexibility index (Phi) is 9.20. The van der Waals surface area contributed by atoms with Crippen molar-refractivity contribution in [3.63, 3.8) is 0 Å². The highest BCUT2D eigenvalue weighted by molar-refractivity contribution is 6.22. The molecule has 0 amide bonds. The summed E-state index contributed by atoms with van der Waals surface area (Å²) in [7, 11) is 0. The molecule has 0 fully saturated rings. The summed E-state index contributed by atoms with van der Waals surface area (Å²) in [6.07, 6.45) is 0. The van der Waals surface area contributed by atoms with E-state index in [2.05, 4.69) is 248 Å². The van der Waals surface area contributed by atoms with Gasteiger partial charge in [0.15, 0.2) is 0 Å². The summed E-state index contributed by atoms with van der Waals surface area (Å²) >= 11 is 0. The van der Waals surface area contributed by atoms with Crippen LogP contribution in [0.1, 0.15) is 0 Å². The van der Waals surface area contributed by atoms with E-state index in [1.807, 2.05) is 6.07 Å². The van der Waals surface area contributed by atoms with Crippen molar-refractivity contribution in [3.05, 3.63) is 249 Å². The molecule has 1 aromatic heterocycles. The Morgan fingerprint density at radius 3 is 1.34 bits per heavy atom. The van der Waals surface area contributed by atoms with E-state index in [0.29, 0.717) is 0 Å². The van der Waals surface area contributed by atoms with Crippen molar-refractivity contribution in [2.45, 2.75) is 0 Å². The number of nitrogens with zero attached hydrogens (tertiary/aromatic N) is 1. The van der Waals surface area contributed by atoms with Crippen LogP contribution >= 0.6 is 0 Å². The minimum atomic E-state index is 0.857. The van der Waals surface area contributed by atoms with Crippen LogP contribution in [0.5, 0.6) is 0 Å². The summed E-state index contributed by atoms with van der Waals surface area (Å²) < 4.78 is 6.49. The third kappa shape index (κ3) is 6.52. The molecule has 0 bridgehead atoms. The van der Waals surface area contributed by atoms with Gasteiger partial charge in [0.25, 0.3) is 0 Å². The number of hydrogen-bond acceptors (Lipinski definition) is 2. The number of furan rings is 1. The Labute approximate surface area is 372 Å². The molecule has 0 spiro atoms. The molecule has 1 heterocycles. The van der Waals surface area contributed by atoms with E-state index in [4.69, 9.17) is 4.42 Å². The topological polar surface area (TPSA) is 16.4 Å². The SMILES string of the molecule is c1ccc(-c2cc(-c3ccccc3)cc(N(c3ccc(-c4ccc5c(c4)c(-c4ccccc4)c(-c4ccccc4)c4ccccc45)cc3)c3cccc4oc5ccccc5c34)c2)cc1. The van der Waals surface area contributed by atoms with E-state index >= 15 is 0 Å². The van der Waals surface area contributed by atoms with E-state index in [1.54, 1.807) is 0 Å². The molecule has 64 heavy (non-hydrogen) atoms. The summed E-state index contributed by atoms with van der Waals surface area (Å²) in [5, 5.41) is 7.15. The van der Waals surface area contributed by atoms with E-state index in [9.17, 15) is 0 Å². The molecule has 0 saturated heterocycles. The van der Waals surface area contributed by atoms with Crippen LogP contribution in [0.3, 0.4) is 0 Å². The molecule has 0 unspecified atom stereocenters. The molecule has 0 radical (unpaired) electrons. The third-order valence-corrected chi connectivity index (χ3v) is 12.6. The number of benzene rings is 11. The molecule has 0 N–H and O–H groups in total. The summed E-state index contributed by atoms with van der Waals surface area (Å²) in [5.41, 5.74) is 16.7. The first-order valence-electron chi connectivity index (χ1n) is 21.9. The molecule has 2 nitrogen and oxygen atoms in total. The molecule has 12 aromatic rings. The predicted molar refractivity (Wildman–Crippen MR) is 271 cm³/mol. The molecule has 0 aliphatic heterocycles. The molecule has 300 valence electrons. The summed E-state index contributed by atoms with van der Waals surface area (Å²) in [6.45, 7) is 0. The van der Waals surface area contributed by atoms with E-state index in [1.165, 1.54) is 43.8 Å². The largest absolute Gasteiger partial charge is 0.456 e. The minimum absolute atomic E-state index is 0.857. The number of rotatable bonds is 8. The van der Waals surface area contributed by atoms with Crippen molar-refractivity contribution in [1.29, 1.82) is 0 Å². The highest BCUT2D eigenvalue weighted by Gasteiger charge is 2.22. The van der Waals surface area contributed by atoms with Gasteiger partial charge < -0.3 is 9.32 Å². The minimum Gasteiger partial charge on any atom is -0.456 e. The fourth-order valence-electron chi connectivity index (χ4n) is 9.69. The fraction of sp³-hybridized carbons (Fsp3) is 0. The quantitative estimate of drug-likeness (QED) is 0.142. The van der Waals surface area contributed by atoms with Crippen molar-refractivity contribution >= 4 is 60.5 Å². The van der Waals surface area contributed by atoms with E-state index in [0.717, 1.165) is 72.4 Å². The van der Waals surface area contributed by atoms with Crippen molar-refractivity contribution in [1.82, 2.24) is 0 Å². The zero-order valence-corrected chi connectivity index (χ0v) is 35.0. The lowest BCUT2D eigenvalue weighted by Gasteiger charge is -2.28. The lowest BCUT2D eigenvalue weighted by atomic mass is 9.84. The van der Waals surface area contributed by atoms with Gasteiger partial charge in [0.05, 0.1) is 11.1 Å². The van der Waals surface area contributed by atoms with Crippen LogP contribution in [0.25, 0.3) is 99.1 Å². The highest BCUT2D eigenvalue weighted by atomic mass is 16.3. The second kappa shape index (κ2) is 15.8. The first kappa shape index (κ1) is 37.3. The first-order valence-corrected chi connectivity index (χ1v) is 21.9. The van der Waals surface area contributed by atoms with Gasteiger partial charge in [-0.15, -0.1) is 0 Å². The number of anilines is 3. The standard InChI is InChI=1S/C62H41NO/c1-5-18-42(19-6-1)48-38-49(43-20-7-2-8-21-43)40-51(39-48)63(57-29-17-31-59-62(57)55-28-15-16-30-58(55)64-59)50-35-32-44(33-36-50)47-34-37-53-52-26-13-14-27-54(52)60(45-22-9-3-10-23-45)61(56(53)41-47)46-24-11-4-12-25-46/h1-41H. The smallest absolute Gasteiger partial charge is 0.137 e. The zero-order chi connectivity index (χ0) is 42.4. The van der Waals surface area contributed by atoms with Gasteiger partial charge in [0, 0.05) is 16.8 Å². The second-order valence-corrected chi connectivity index (χ2v) is 16.4. The Morgan fingerprint density at radius 2 is 0.719 bits per heavy atom. The Bertz CT molecular complexity index is 3570. The summed E-state index contributed by atoms with van der Waals surface area (Å²) in [4.78, 5) is 2.40. The lowest BCUT2D eigenvalue weighted by molar-refractivity contribution is 0.669. The molecule has 0 aliphatic carbocycles. The zero-order valence-electron chi connectivity index (χ0n) is 35.0. The molecular formula is C62H41NO. The van der Waals surface area contributed by atoms with Crippen molar-refractivity contribution in [2.75, 3.05) is 4.90 Å². The van der Waals surface area contributed by atoms with Crippen LogP contribution in [-0.4, -0.2) is 0 Å². The van der Waals surface area contributed by atoms with Crippen molar-refractivity contribution < 1.29 is 4.42 Å². The van der Waals surface area contributed by atoms with Crippen molar-refractivity contribution in [2.24, 2.45) is 0 Å². The number of para-hydroxylation sites is 1. The molecular weight excluding hydrogens is 775 g/mol. The van der Waals surface area contributed by atoms with Gasteiger partial charge in [0.1, 0.15) is 11.2 Å². The Hall–Kier alpha value is -8.46. The molecule has 0 saturated carbocycles. The van der Waals surface area contributed by atoms with E-state index in [-0.39, 0.29) is 0 Å².